The summed E-state index contributed by atoms with van der Waals surface area (Å²) < 4.78 is 5.81. The van der Waals surface area contributed by atoms with Gasteiger partial charge in [-0.15, -0.1) is 0 Å². The van der Waals surface area contributed by atoms with Crippen molar-refractivity contribution >= 4 is 16.5 Å². The van der Waals surface area contributed by atoms with E-state index < -0.39 is 0 Å². The molecule has 0 bridgehead atoms. The van der Waals surface area contributed by atoms with Crippen LogP contribution in [0.25, 0.3) is 10.8 Å². The van der Waals surface area contributed by atoms with Crippen LogP contribution in [0, 0.1) is 16.7 Å². The van der Waals surface area contributed by atoms with E-state index in [0.717, 1.165) is 22.2 Å². The van der Waals surface area contributed by atoms with Crippen molar-refractivity contribution in [1.29, 1.82) is 5.26 Å². The van der Waals surface area contributed by atoms with E-state index >= 15 is 0 Å². The summed E-state index contributed by atoms with van der Waals surface area (Å²) in [5, 5.41) is 11.0. The third kappa shape index (κ3) is 2.97. The predicted octanol–water partition coefficient (Wildman–Crippen LogP) is 3.74. The van der Waals surface area contributed by atoms with E-state index in [2.05, 4.69) is 6.07 Å². The lowest BCUT2D eigenvalue weighted by Gasteiger charge is -2.16. The molecule has 19 heavy (non-hydrogen) atoms. The summed E-state index contributed by atoms with van der Waals surface area (Å²) in [5.41, 5.74) is 6.34. The average Bonchev–Trinajstić information content (AvgIpc) is 2.42. The van der Waals surface area contributed by atoms with Crippen LogP contribution in [0.4, 0.5) is 5.69 Å². The molecule has 0 aliphatic carbocycles. The van der Waals surface area contributed by atoms with Crippen LogP contribution in [-0.2, 0) is 0 Å². The van der Waals surface area contributed by atoms with Gasteiger partial charge in [-0.2, -0.15) is 5.26 Å². The van der Waals surface area contributed by atoms with Crippen LogP contribution in [0.3, 0.4) is 0 Å². The molecule has 0 heterocycles. The van der Waals surface area contributed by atoms with Crippen LogP contribution in [0.5, 0.6) is 5.75 Å². The summed E-state index contributed by atoms with van der Waals surface area (Å²) in [4.78, 5) is 0. The third-order valence-electron chi connectivity index (χ3n) is 3.21. The van der Waals surface area contributed by atoms with Crippen LogP contribution in [0.2, 0.25) is 0 Å². The van der Waals surface area contributed by atoms with Gasteiger partial charge in [-0.05, 0) is 32.4 Å². The molecule has 0 spiro atoms. The molecule has 2 aromatic carbocycles. The van der Waals surface area contributed by atoms with Crippen molar-refractivity contribution in [2.24, 2.45) is 5.41 Å². The smallest absolute Gasteiger partial charge is 0.127 e. The van der Waals surface area contributed by atoms with E-state index in [1.54, 1.807) is 0 Å². The Kier molecular flexibility index (Phi) is 3.62. The quantitative estimate of drug-likeness (QED) is 0.845. The van der Waals surface area contributed by atoms with Crippen LogP contribution >= 0.6 is 0 Å². The zero-order chi connectivity index (χ0) is 13.9. The van der Waals surface area contributed by atoms with Crippen LogP contribution in [0.1, 0.15) is 20.3 Å². The Hall–Kier alpha value is -2.21. The highest BCUT2D eigenvalue weighted by atomic mass is 16.5. The van der Waals surface area contributed by atoms with Gasteiger partial charge in [-0.1, -0.05) is 24.3 Å². The number of hydrogen-bond donors (Lipinski definition) is 1. The Morgan fingerprint density at radius 2 is 1.84 bits per heavy atom. The molecular formula is C16H18N2O. The minimum Gasteiger partial charge on any atom is -0.493 e. The van der Waals surface area contributed by atoms with Gasteiger partial charge in [0.15, 0.2) is 0 Å². The molecular weight excluding hydrogens is 236 g/mol. The molecule has 98 valence electrons. The maximum absolute atomic E-state index is 8.98. The second-order valence-electron chi connectivity index (χ2n) is 5.29. The summed E-state index contributed by atoms with van der Waals surface area (Å²) in [7, 11) is 0. The average molecular weight is 254 g/mol. The van der Waals surface area contributed by atoms with Gasteiger partial charge in [0.25, 0.3) is 0 Å². The monoisotopic (exact) mass is 254 g/mol. The third-order valence-corrected chi connectivity index (χ3v) is 3.21. The standard InChI is InChI=1S/C16H18N2O/c1-16(2,11-17)9-10-19-15-8-7-14(18)12-5-3-4-6-13(12)15/h3-8H,9-10,18H2,1-2H3. The molecule has 0 radical (unpaired) electrons. The fourth-order valence-corrected chi connectivity index (χ4v) is 1.89. The van der Waals surface area contributed by atoms with Gasteiger partial charge in [0, 0.05) is 16.5 Å². The first-order valence-electron chi connectivity index (χ1n) is 6.35. The fraction of sp³-hybridized carbons (Fsp3) is 0.312. The van der Waals surface area contributed by atoms with E-state index in [1.807, 2.05) is 50.2 Å². The predicted molar refractivity (Wildman–Crippen MR) is 77.9 cm³/mol. The van der Waals surface area contributed by atoms with Gasteiger partial charge in [0.1, 0.15) is 5.75 Å². The molecule has 2 aromatic rings. The van der Waals surface area contributed by atoms with Gasteiger partial charge in [-0.3, -0.25) is 0 Å². The topological polar surface area (TPSA) is 59.0 Å². The maximum atomic E-state index is 8.98. The number of hydrogen-bond acceptors (Lipinski definition) is 3. The van der Waals surface area contributed by atoms with E-state index in [9.17, 15) is 0 Å². The highest BCUT2D eigenvalue weighted by Crippen LogP contribution is 2.30. The maximum Gasteiger partial charge on any atom is 0.127 e. The number of nitrogens with two attached hydrogens (primary N) is 1. The Morgan fingerprint density at radius 3 is 2.53 bits per heavy atom. The van der Waals surface area contributed by atoms with Gasteiger partial charge in [-0.25, -0.2) is 0 Å². The van der Waals surface area contributed by atoms with Gasteiger partial charge in [0.2, 0.25) is 0 Å². The van der Waals surface area contributed by atoms with Crippen LogP contribution < -0.4 is 10.5 Å². The molecule has 3 nitrogen and oxygen atoms in total. The SMILES string of the molecule is CC(C)(C#N)CCOc1ccc(N)c2ccccc12. The number of nitrogens with zero attached hydrogens (tertiary/aromatic N) is 1. The number of rotatable bonds is 4. The van der Waals surface area contributed by atoms with Gasteiger partial charge >= 0.3 is 0 Å². The number of anilines is 1. The zero-order valence-electron chi connectivity index (χ0n) is 11.3. The summed E-state index contributed by atoms with van der Waals surface area (Å²) in [6.45, 7) is 4.35. The van der Waals surface area contributed by atoms with Crippen molar-refractivity contribution < 1.29 is 4.74 Å². The Morgan fingerprint density at radius 1 is 1.16 bits per heavy atom. The van der Waals surface area contributed by atoms with Crippen molar-refractivity contribution in [1.82, 2.24) is 0 Å². The summed E-state index contributed by atoms with van der Waals surface area (Å²) in [6, 6.07) is 13.9. The molecule has 0 saturated heterocycles. The summed E-state index contributed by atoms with van der Waals surface area (Å²) in [5.74, 6) is 0.818. The van der Waals surface area contributed by atoms with Crippen molar-refractivity contribution in [3.63, 3.8) is 0 Å². The number of benzene rings is 2. The van der Waals surface area contributed by atoms with Crippen molar-refractivity contribution in [2.45, 2.75) is 20.3 Å². The second kappa shape index (κ2) is 5.19. The first-order chi connectivity index (χ1) is 9.03. The summed E-state index contributed by atoms with van der Waals surface area (Å²) in [6.07, 6.45) is 0.697. The van der Waals surface area contributed by atoms with E-state index in [-0.39, 0.29) is 5.41 Å². The molecule has 0 saturated carbocycles. The zero-order valence-corrected chi connectivity index (χ0v) is 11.3. The first kappa shape index (κ1) is 13.2. The van der Waals surface area contributed by atoms with Crippen LogP contribution in [0.15, 0.2) is 36.4 Å². The minimum absolute atomic E-state index is 0.358. The molecule has 0 unspecified atom stereocenters. The molecule has 0 fully saturated rings. The number of nitriles is 1. The lowest BCUT2D eigenvalue weighted by atomic mass is 9.92. The van der Waals surface area contributed by atoms with Gasteiger partial charge < -0.3 is 10.5 Å². The molecule has 0 amide bonds. The molecule has 2 rings (SSSR count). The molecule has 0 atom stereocenters. The fourth-order valence-electron chi connectivity index (χ4n) is 1.89. The second-order valence-corrected chi connectivity index (χ2v) is 5.29. The first-order valence-corrected chi connectivity index (χ1v) is 6.35. The molecule has 3 heteroatoms. The normalized spacial score (nSPS) is 11.2. The van der Waals surface area contributed by atoms with E-state index in [0.29, 0.717) is 13.0 Å². The van der Waals surface area contributed by atoms with Crippen molar-refractivity contribution in [2.75, 3.05) is 12.3 Å². The lowest BCUT2D eigenvalue weighted by Crippen LogP contribution is -2.13. The Balaban J connectivity index is 2.18. The number of ether oxygens (including phenoxy) is 1. The largest absolute Gasteiger partial charge is 0.493 e. The lowest BCUT2D eigenvalue weighted by molar-refractivity contribution is 0.267. The molecule has 0 aliphatic heterocycles. The Labute approximate surface area is 113 Å². The molecule has 2 N–H and O–H groups in total. The van der Waals surface area contributed by atoms with E-state index in [1.165, 1.54) is 0 Å². The summed E-state index contributed by atoms with van der Waals surface area (Å²) >= 11 is 0. The minimum atomic E-state index is -0.358. The molecule has 0 aromatic heterocycles. The highest BCUT2D eigenvalue weighted by Gasteiger charge is 2.16. The van der Waals surface area contributed by atoms with Gasteiger partial charge in [0.05, 0.1) is 18.1 Å². The number of nitrogen functional groups attached to an aromatic ring is 1. The van der Waals surface area contributed by atoms with Crippen LogP contribution in [-0.4, -0.2) is 6.61 Å². The van der Waals surface area contributed by atoms with E-state index in [4.69, 9.17) is 15.7 Å². The highest BCUT2D eigenvalue weighted by molar-refractivity contribution is 5.96. The van der Waals surface area contributed by atoms with Crippen molar-refractivity contribution in [3.05, 3.63) is 36.4 Å². The van der Waals surface area contributed by atoms with Crippen molar-refractivity contribution in [3.8, 4) is 11.8 Å². The molecule has 0 aliphatic rings. The number of fused-ring (bicyclic) bond motifs is 1. The Bertz CT molecular complexity index is 626.